The summed E-state index contributed by atoms with van der Waals surface area (Å²) in [5.74, 6) is 0.0200. The summed E-state index contributed by atoms with van der Waals surface area (Å²) in [6.45, 7) is 1.41. The van der Waals surface area contributed by atoms with Crippen molar-refractivity contribution in [1.82, 2.24) is 4.57 Å². The van der Waals surface area contributed by atoms with Crippen LogP contribution in [0.5, 0.6) is 11.5 Å². The van der Waals surface area contributed by atoms with Gasteiger partial charge in [-0.25, -0.2) is 0 Å². The molecule has 0 atom stereocenters. The van der Waals surface area contributed by atoms with Gasteiger partial charge in [-0.05, 0) is 13.0 Å². The maximum Gasteiger partial charge on any atom is 0.326 e. The highest BCUT2D eigenvalue weighted by Crippen LogP contribution is 2.33. The van der Waals surface area contributed by atoms with E-state index in [-0.39, 0.29) is 29.8 Å². The number of aromatic nitrogens is 1. The summed E-state index contributed by atoms with van der Waals surface area (Å²) in [4.78, 5) is 24.5. The molecule has 0 saturated heterocycles. The maximum atomic E-state index is 12.6. The number of nitrogens with zero attached hydrogens (tertiary/aromatic N) is 3. The molecule has 0 N–H and O–H groups in total. The SMILES string of the molecule is CCOC(=O)Cn1c(=O)c(C#N)c(C#N)c2cc(OC)c(OC)cc21. The number of carbonyl (C=O) groups is 1. The fraction of sp³-hybridized carbons (Fsp3) is 0.294. The Morgan fingerprint density at radius 1 is 1.12 bits per heavy atom. The second kappa shape index (κ2) is 7.37. The minimum Gasteiger partial charge on any atom is -0.493 e. The molecule has 0 radical (unpaired) electrons. The van der Waals surface area contributed by atoms with E-state index in [0.717, 1.165) is 4.57 Å². The molecule has 0 fully saturated rings. The topological polar surface area (TPSA) is 114 Å². The van der Waals surface area contributed by atoms with Gasteiger partial charge in [0.15, 0.2) is 11.5 Å². The van der Waals surface area contributed by atoms with E-state index in [1.54, 1.807) is 13.0 Å². The average molecular weight is 341 g/mol. The molecule has 0 aliphatic heterocycles. The normalized spacial score (nSPS) is 9.96. The van der Waals surface area contributed by atoms with Crippen molar-refractivity contribution in [3.8, 4) is 23.6 Å². The second-order valence-electron chi connectivity index (χ2n) is 4.89. The number of esters is 1. The number of nitriles is 2. The van der Waals surface area contributed by atoms with Crippen molar-refractivity contribution in [3.05, 3.63) is 33.6 Å². The summed E-state index contributed by atoms with van der Waals surface area (Å²) in [5.41, 5.74) is -0.895. The first-order valence-electron chi connectivity index (χ1n) is 7.30. The number of pyridine rings is 1. The Labute approximate surface area is 143 Å². The Kier molecular flexibility index (Phi) is 5.25. The fourth-order valence-corrected chi connectivity index (χ4v) is 2.49. The molecule has 2 rings (SSSR count). The van der Waals surface area contributed by atoms with Gasteiger partial charge in [0.25, 0.3) is 5.56 Å². The zero-order valence-corrected chi connectivity index (χ0v) is 14.0. The first-order valence-corrected chi connectivity index (χ1v) is 7.30. The third-order valence-electron chi connectivity index (χ3n) is 3.59. The van der Waals surface area contributed by atoms with Gasteiger partial charge in [0.1, 0.15) is 24.2 Å². The first-order chi connectivity index (χ1) is 12.0. The number of benzene rings is 1. The molecule has 0 bridgehead atoms. The second-order valence-corrected chi connectivity index (χ2v) is 4.89. The predicted molar refractivity (Wildman–Crippen MR) is 87.4 cm³/mol. The van der Waals surface area contributed by atoms with Gasteiger partial charge in [-0.15, -0.1) is 0 Å². The Balaban J connectivity index is 2.93. The van der Waals surface area contributed by atoms with Crippen molar-refractivity contribution in [3.63, 3.8) is 0 Å². The van der Waals surface area contributed by atoms with E-state index in [4.69, 9.17) is 14.2 Å². The quantitative estimate of drug-likeness (QED) is 0.753. The van der Waals surface area contributed by atoms with Crippen LogP contribution in [0.1, 0.15) is 18.1 Å². The van der Waals surface area contributed by atoms with Crippen LogP contribution in [-0.4, -0.2) is 31.4 Å². The number of ether oxygens (including phenoxy) is 3. The molecule has 128 valence electrons. The number of hydrogen-bond acceptors (Lipinski definition) is 7. The van der Waals surface area contributed by atoms with Gasteiger partial charge in [-0.2, -0.15) is 10.5 Å². The molecular formula is C17H15N3O5. The molecule has 0 saturated carbocycles. The fourth-order valence-electron chi connectivity index (χ4n) is 2.49. The Bertz CT molecular complexity index is 979. The molecule has 0 spiro atoms. The maximum absolute atomic E-state index is 12.6. The largest absolute Gasteiger partial charge is 0.493 e. The lowest BCUT2D eigenvalue weighted by Crippen LogP contribution is -2.28. The van der Waals surface area contributed by atoms with E-state index in [1.807, 2.05) is 6.07 Å². The Morgan fingerprint density at radius 2 is 1.72 bits per heavy atom. The van der Waals surface area contributed by atoms with Gasteiger partial charge in [-0.1, -0.05) is 0 Å². The van der Waals surface area contributed by atoms with Crippen LogP contribution in [0.25, 0.3) is 10.9 Å². The standard InChI is InChI=1S/C17H15N3O5/c1-4-25-16(21)9-20-13-6-15(24-3)14(23-2)5-10(13)11(7-18)12(8-19)17(20)22/h5-6H,4,9H2,1-3H3. The molecule has 25 heavy (non-hydrogen) atoms. The zero-order chi connectivity index (χ0) is 18.6. The molecular weight excluding hydrogens is 326 g/mol. The van der Waals surface area contributed by atoms with Gasteiger partial charge >= 0.3 is 5.97 Å². The van der Waals surface area contributed by atoms with E-state index in [9.17, 15) is 20.1 Å². The summed E-state index contributed by atoms with van der Waals surface area (Å²) < 4.78 is 16.4. The molecule has 2 aromatic rings. The van der Waals surface area contributed by atoms with Gasteiger partial charge in [0, 0.05) is 11.5 Å². The van der Waals surface area contributed by atoms with E-state index < -0.39 is 11.5 Å². The lowest BCUT2D eigenvalue weighted by molar-refractivity contribution is -0.143. The van der Waals surface area contributed by atoms with Gasteiger partial charge < -0.3 is 14.2 Å². The molecule has 1 heterocycles. The highest BCUT2D eigenvalue weighted by molar-refractivity contribution is 5.90. The summed E-state index contributed by atoms with van der Waals surface area (Å²) >= 11 is 0. The zero-order valence-electron chi connectivity index (χ0n) is 14.0. The van der Waals surface area contributed by atoms with Crippen LogP contribution in [-0.2, 0) is 16.1 Å². The minimum atomic E-state index is -0.744. The van der Waals surface area contributed by atoms with Gasteiger partial charge in [-0.3, -0.25) is 14.2 Å². The van der Waals surface area contributed by atoms with Crippen molar-refractivity contribution in [2.75, 3.05) is 20.8 Å². The van der Waals surface area contributed by atoms with Crippen LogP contribution < -0.4 is 15.0 Å². The van der Waals surface area contributed by atoms with E-state index in [0.29, 0.717) is 16.9 Å². The monoisotopic (exact) mass is 341 g/mol. The lowest BCUT2D eigenvalue weighted by atomic mass is 10.0. The molecule has 0 aliphatic carbocycles. The summed E-state index contributed by atoms with van der Waals surface area (Å²) in [6, 6.07) is 6.59. The van der Waals surface area contributed by atoms with Crippen LogP contribution in [0.2, 0.25) is 0 Å². The van der Waals surface area contributed by atoms with Crippen LogP contribution in [0, 0.1) is 22.7 Å². The van der Waals surface area contributed by atoms with Crippen molar-refractivity contribution in [2.24, 2.45) is 0 Å². The summed E-state index contributed by atoms with van der Waals surface area (Å²) in [6.07, 6.45) is 0. The molecule has 1 aromatic heterocycles. The van der Waals surface area contributed by atoms with Crippen LogP contribution in [0.15, 0.2) is 16.9 Å². The number of carbonyl (C=O) groups excluding carboxylic acids is 1. The summed E-state index contributed by atoms with van der Waals surface area (Å²) in [7, 11) is 2.85. The van der Waals surface area contributed by atoms with Gasteiger partial charge in [0.05, 0.1) is 31.9 Å². The van der Waals surface area contributed by atoms with E-state index in [1.165, 1.54) is 26.4 Å². The van der Waals surface area contributed by atoms with Gasteiger partial charge in [0.2, 0.25) is 0 Å². The third-order valence-corrected chi connectivity index (χ3v) is 3.59. The van der Waals surface area contributed by atoms with Crippen LogP contribution in [0.4, 0.5) is 0 Å². The number of hydrogen-bond donors (Lipinski definition) is 0. The van der Waals surface area contributed by atoms with Crippen LogP contribution >= 0.6 is 0 Å². The lowest BCUT2D eigenvalue weighted by Gasteiger charge is -2.15. The Morgan fingerprint density at radius 3 is 2.24 bits per heavy atom. The summed E-state index contributed by atoms with van der Waals surface area (Å²) in [5, 5.41) is 19.0. The van der Waals surface area contributed by atoms with E-state index in [2.05, 4.69) is 0 Å². The third kappa shape index (κ3) is 3.10. The molecule has 8 nitrogen and oxygen atoms in total. The number of methoxy groups -OCH3 is 2. The van der Waals surface area contributed by atoms with Crippen molar-refractivity contribution in [2.45, 2.75) is 13.5 Å². The smallest absolute Gasteiger partial charge is 0.326 e. The predicted octanol–water partition coefficient (Wildman–Crippen LogP) is 1.33. The molecule has 0 aliphatic rings. The van der Waals surface area contributed by atoms with E-state index >= 15 is 0 Å². The molecule has 0 unspecified atom stereocenters. The van der Waals surface area contributed by atoms with Crippen molar-refractivity contribution < 1.29 is 19.0 Å². The first kappa shape index (κ1) is 17.8. The van der Waals surface area contributed by atoms with Crippen molar-refractivity contribution in [1.29, 1.82) is 10.5 Å². The van der Waals surface area contributed by atoms with Crippen molar-refractivity contribution >= 4 is 16.9 Å². The molecule has 8 heteroatoms. The Hall–Kier alpha value is -3.52. The number of rotatable bonds is 5. The van der Waals surface area contributed by atoms with Crippen LogP contribution in [0.3, 0.4) is 0 Å². The average Bonchev–Trinajstić information content (AvgIpc) is 2.62. The molecule has 1 aromatic carbocycles. The highest BCUT2D eigenvalue weighted by atomic mass is 16.5. The number of fused-ring (bicyclic) bond motifs is 1. The minimum absolute atomic E-state index is 0.0800. The highest BCUT2D eigenvalue weighted by Gasteiger charge is 2.21. The molecule has 0 amide bonds.